The van der Waals surface area contributed by atoms with Gasteiger partial charge in [-0.05, 0) is 50.7 Å². The molecule has 2 fully saturated rings. The molecule has 0 bridgehead atoms. The van der Waals surface area contributed by atoms with Gasteiger partial charge in [-0.25, -0.2) is 0 Å². The lowest BCUT2D eigenvalue weighted by atomic mass is 10.0. The third kappa shape index (κ3) is 4.60. The molecule has 7 heteroatoms. The predicted molar refractivity (Wildman–Crippen MR) is 109 cm³/mol. The SMILES string of the molecule is Cn1cc(C(=O)NC2CCN(C(=O)c3ccccc3OC3CCCC3)CC2)cn1. The smallest absolute Gasteiger partial charge is 0.257 e. The maximum atomic E-state index is 13.1. The lowest BCUT2D eigenvalue weighted by Gasteiger charge is -2.32. The van der Waals surface area contributed by atoms with Gasteiger partial charge in [0.15, 0.2) is 0 Å². The minimum atomic E-state index is -0.113. The Kier molecular flexibility index (Phi) is 5.83. The minimum Gasteiger partial charge on any atom is -0.490 e. The number of aryl methyl sites for hydroxylation is 1. The van der Waals surface area contributed by atoms with E-state index in [1.54, 1.807) is 24.1 Å². The summed E-state index contributed by atoms with van der Waals surface area (Å²) in [5, 5.41) is 7.09. The largest absolute Gasteiger partial charge is 0.490 e. The number of ether oxygens (including phenoxy) is 1. The number of hydrogen-bond donors (Lipinski definition) is 1. The van der Waals surface area contributed by atoms with Crippen molar-refractivity contribution in [2.75, 3.05) is 13.1 Å². The summed E-state index contributed by atoms with van der Waals surface area (Å²) in [6, 6.07) is 7.61. The molecule has 7 nitrogen and oxygen atoms in total. The monoisotopic (exact) mass is 396 g/mol. The number of carbonyl (C=O) groups is 2. The van der Waals surface area contributed by atoms with E-state index >= 15 is 0 Å². The molecule has 4 rings (SSSR count). The molecule has 154 valence electrons. The minimum absolute atomic E-state index is 0.00985. The molecule has 1 aromatic heterocycles. The van der Waals surface area contributed by atoms with E-state index in [9.17, 15) is 9.59 Å². The van der Waals surface area contributed by atoms with E-state index in [1.807, 2.05) is 29.2 Å². The van der Waals surface area contributed by atoms with Crippen molar-refractivity contribution < 1.29 is 14.3 Å². The number of rotatable bonds is 5. The van der Waals surface area contributed by atoms with Crippen molar-refractivity contribution >= 4 is 11.8 Å². The van der Waals surface area contributed by atoms with Crippen molar-refractivity contribution in [1.29, 1.82) is 0 Å². The van der Waals surface area contributed by atoms with Crippen LogP contribution in [0.2, 0.25) is 0 Å². The zero-order chi connectivity index (χ0) is 20.2. The number of para-hydroxylation sites is 1. The average Bonchev–Trinajstić information content (AvgIpc) is 3.40. The Morgan fingerprint density at radius 2 is 1.83 bits per heavy atom. The standard InChI is InChI=1S/C22H28N4O3/c1-25-15-16(14-23-25)21(27)24-17-10-12-26(13-11-17)22(28)19-8-4-5-9-20(19)29-18-6-2-3-7-18/h4-5,8-9,14-15,17-18H,2-3,6-7,10-13H2,1H3,(H,24,27). The van der Waals surface area contributed by atoms with E-state index in [2.05, 4.69) is 10.4 Å². The normalized spacial score (nSPS) is 18.0. The highest BCUT2D eigenvalue weighted by Crippen LogP contribution is 2.28. The molecule has 2 amide bonds. The van der Waals surface area contributed by atoms with Crippen LogP contribution in [0.25, 0.3) is 0 Å². The molecule has 29 heavy (non-hydrogen) atoms. The zero-order valence-electron chi connectivity index (χ0n) is 16.8. The van der Waals surface area contributed by atoms with Crippen molar-refractivity contribution in [2.45, 2.75) is 50.7 Å². The Bertz CT molecular complexity index is 864. The molecule has 2 aromatic rings. The van der Waals surface area contributed by atoms with Crippen LogP contribution < -0.4 is 10.1 Å². The maximum Gasteiger partial charge on any atom is 0.257 e. The molecule has 0 radical (unpaired) electrons. The predicted octanol–water partition coefficient (Wildman–Crippen LogP) is 2.78. The summed E-state index contributed by atoms with van der Waals surface area (Å²) < 4.78 is 7.74. The van der Waals surface area contributed by atoms with Crippen LogP contribution in [0.15, 0.2) is 36.7 Å². The quantitative estimate of drug-likeness (QED) is 0.843. The Balaban J connectivity index is 1.34. The van der Waals surface area contributed by atoms with E-state index in [-0.39, 0.29) is 24.0 Å². The number of likely N-dealkylation sites (tertiary alicyclic amines) is 1. The van der Waals surface area contributed by atoms with Gasteiger partial charge in [0.25, 0.3) is 11.8 Å². The first-order valence-electron chi connectivity index (χ1n) is 10.4. The topological polar surface area (TPSA) is 76.5 Å². The van der Waals surface area contributed by atoms with Crippen molar-refractivity contribution in [3.8, 4) is 5.75 Å². The van der Waals surface area contributed by atoms with Crippen LogP contribution in [-0.2, 0) is 7.05 Å². The number of amides is 2. The summed E-state index contributed by atoms with van der Waals surface area (Å²) in [5.41, 5.74) is 1.20. The van der Waals surface area contributed by atoms with Gasteiger partial charge in [0, 0.05) is 32.4 Å². The van der Waals surface area contributed by atoms with Crippen molar-refractivity contribution in [3.63, 3.8) is 0 Å². The molecule has 0 spiro atoms. The molecule has 1 aliphatic carbocycles. The molecule has 2 heterocycles. The van der Waals surface area contributed by atoms with Gasteiger partial charge in [0.05, 0.1) is 23.4 Å². The van der Waals surface area contributed by atoms with E-state index in [1.165, 1.54) is 12.8 Å². The Labute approximate surface area is 171 Å². The molecule has 1 aromatic carbocycles. The number of nitrogens with zero attached hydrogens (tertiary/aromatic N) is 3. The lowest BCUT2D eigenvalue weighted by molar-refractivity contribution is 0.0691. The van der Waals surface area contributed by atoms with Crippen LogP contribution >= 0.6 is 0 Å². The summed E-state index contributed by atoms with van der Waals surface area (Å²) in [7, 11) is 1.79. The van der Waals surface area contributed by atoms with Crippen LogP contribution in [0, 0.1) is 0 Å². The third-order valence-corrected chi connectivity index (χ3v) is 5.80. The number of benzene rings is 1. The summed E-state index contributed by atoms with van der Waals surface area (Å²) in [4.78, 5) is 27.3. The van der Waals surface area contributed by atoms with E-state index in [0.717, 1.165) is 25.7 Å². The number of aromatic nitrogens is 2. The Hall–Kier alpha value is -2.83. The van der Waals surface area contributed by atoms with Crippen LogP contribution in [0.1, 0.15) is 59.2 Å². The second-order valence-electron chi connectivity index (χ2n) is 7.96. The van der Waals surface area contributed by atoms with E-state index in [0.29, 0.717) is 30.0 Å². The molecule has 0 atom stereocenters. The Morgan fingerprint density at radius 1 is 1.10 bits per heavy atom. The first-order chi connectivity index (χ1) is 14.1. The summed E-state index contributed by atoms with van der Waals surface area (Å²) >= 11 is 0. The first-order valence-corrected chi connectivity index (χ1v) is 10.4. The summed E-state index contributed by atoms with van der Waals surface area (Å²) in [5.74, 6) is 0.588. The Morgan fingerprint density at radius 3 is 2.52 bits per heavy atom. The molecule has 1 aliphatic heterocycles. The van der Waals surface area contributed by atoms with E-state index < -0.39 is 0 Å². The van der Waals surface area contributed by atoms with Gasteiger partial charge >= 0.3 is 0 Å². The average molecular weight is 396 g/mol. The number of piperidine rings is 1. The molecule has 0 unspecified atom stereocenters. The second-order valence-corrected chi connectivity index (χ2v) is 7.96. The highest BCUT2D eigenvalue weighted by molar-refractivity contribution is 5.97. The van der Waals surface area contributed by atoms with Crippen LogP contribution in [0.4, 0.5) is 0 Å². The molecular weight excluding hydrogens is 368 g/mol. The van der Waals surface area contributed by atoms with Gasteiger partial charge < -0.3 is 15.0 Å². The number of nitrogens with one attached hydrogen (secondary N) is 1. The van der Waals surface area contributed by atoms with Crippen molar-refractivity contribution in [1.82, 2.24) is 20.0 Å². The van der Waals surface area contributed by atoms with E-state index in [4.69, 9.17) is 4.74 Å². The van der Waals surface area contributed by atoms with Gasteiger partial charge in [-0.1, -0.05) is 12.1 Å². The van der Waals surface area contributed by atoms with Crippen LogP contribution in [0.5, 0.6) is 5.75 Å². The fraction of sp³-hybridized carbons (Fsp3) is 0.500. The van der Waals surface area contributed by atoms with Gasteiger partial charge in [-0.3, -0.25) is 14.3 Å². The maximum absolute atomic E-state index is 13.1. The molecule has 2 aliphatic rings. The highest BCUT2D eigenvalue weighted by atomic mass is 16.5. The fourth-order valence-electron chi connectivity index (χ4n) is 4.14. The summed E-state index contributed by atoms with van der Waals surface area (Å²) in [6.45, 7) is 1.24. The molecular formula is C22H28N4O3. The lowest BCUT2D eigenvalue weighted by Crippen LogP contribution is -2.46. The molecule has 1 saturated heterocycles. The van der Waals surface area contributed by atoms with Gasteiger partial charge in [-0.15, -0.1) is 0 Å². The third-order valence-electron chi connectivity index (χ3n) is 5.80. The van der Waals surface area contributed by atoms with Gasteiger partial charge in [-0.2, -0.15) is 5.10 Å². The number of carbonyl (C=O) groups excluding carboxylic acids is 2. The van der Waals surface area contributed by atoms with Crippen LogP contribution in [-0.4, -0.2) is 51.7 Å². The number of hydrogen-bond acceptors (Lipinski definition) is 4. The molecule has 1 N–H and O–H groups in total. The van der Waals surface area contributed by atoms with Gasteiger partial charge in [0.2, 0.25) is 0 Å². The van der Waals surface area contributed by atoms with Crippen LogP contribution in [0.3, 0.4) is 0 Å². The summed E-state index contributed by atoms with van der Waals surface area (Å²) in [6.07, 6.45) is 9.47. The van der Waals surface area contributed by atoms with Gasteiger partial charge in [0.1, 0.15) is 5.75 Å². The zero-order valence-corrected chi connectivity index (χ0v) is 16.8. The van der Waals surface area contributed by atoms with Crippen molar-refractivity contribution in [3.05, 3.63) is 47.8 Å². The second kappa shape index (κ2) is 8.68. The fourth-order valence-corrected chi connectivity index (χ4v) is 4.14. The molecule has 1 saturated carbocycles. The van der Waals surface area contributed by atoms with Crippen molar-refractivity contribution in [2.24, 2.45) is 7.05 Å². The highest BCUT2D eigenvalue weighted by Gasteiger charge is 2.27. The first kappa shape index (κ1) is 19.5.